The van der Waals surface area contributed by atoms with Crippen molar-refractivity contribution in [1.29, 1.82) is 0 Å². The van der Waals surface area contributed by atoms with Gasteiger partial charge in [0.1, 0.15) is 5.01 Å². The summed E-state index contributed by atoms with van der Waals surface area (Å²) in [7, 11) is 0. The second-order valence-corrected chi connectivity index (χ2v) is 6.14. The van der Waals surface area contributed by atoms with Crippen LogP contribution in [0.3, 0.4) is 0 Å². The van der Waals surface area contributed by atoms with E-state index >= 15 is 0 Å². The molecule has 0 aliphatic carbocycles. The molecule has 20 heavy (non-hydrogen) atoms. The third-order valence-electron chi connectivity index (χ3n) is 3.95. The van der Waals surface area contributed by atoms with Gasteiger partial charge in [0.15, 0.2) is 0 Å². The van der Waals surface area contributed by atoms with Crippen molar-refractivity contribution in [2.45, 2.75) is 18.9 Å². The predicted molar refractivity (Wildman–Crippen MR) is 85.0 cm³/mol. The van der Waals surface area contributed by atoms with E-state index in [2.05, 4.69) is 53.2 Å². The highest BCUT2D eigenvalue weighted by molar-refractivity contribution is 7.10. The van der Waals surface area contributed by atoms with E-state index in [1.807, 2.05) is 0 Å². The van der Waals surface area contributed by atoms with Crippen LogP contribution in [0.15, 0.2) is 47.8 Å². The molecule has 1 fully saturated rings. The summed E-state index contributed by atoms with van der Waals surface area (Å²) in [6, 6.07) is 15.4. The maximum Gasteiger partial charge on any atom is 0.110 e. The van der Waals surface area contributed by atoms with Crippen LogP contribution >= 0.6 is 11.3 Å². The Hall–Kier alpha value is -1.71. The van der Waals surface area contributed by atoms with Crippen LogP contribution in [0.2, 0.25) is 0 Å². The summed E-state index contributed by atoms with van der Waals surface area (Å²) in [5, 5.41) is 9.50. The van der Waals surface area contributed by atoms with Crippen molar-refractivity contribution in [3.05, 3.63) is 52.9 Å². The molecule has 4 rings (SSSR count). The van der Waals surface area contributed by atoms with E-state index < -0.39 is 0 Å². The fraction of sp³-hybridized carbons (Fsp3) is 0.235. The third kappa shape index (κ3) is 2.03. The number of thiazole rings is 1. The van der Waals surface area contributed by atoms with Gasteiger partial charge in [-0.3, -0.25) is 0 Å². The molecule has 1 atom stereocenters. The topological polar surface area (TPSA) is 24.9 Å². The second-order valence-electron chi connectivity index (χ2n) is 5.25. The molecule has 2 heterocycles. The van der Waals surface area contributed by atoms with Crippen molar-refractivity contribution >= 4 is 22.1 Å². The van der Waals surface area contributed by atoms with Crippen LogP contribution in [0.25, 0.3) is 22.0 Å². The van der Waals surface area contributed by atoms with E-state index in [1.54, 1.807) is 11.3 Å². The smallest absolute Gasteiger partial charge is 0.110 e. The molecular formula is C17H16N2S. The molecule has 0 spiro atoms. The maximum atomic E-state index is 4.87. The minimum absolute atomic E-state index is 0.462. The average molecular weight is 280 g/mol. The summed E-state index contributed by atoms with van der Waals surface area (Å²) in [5.41, 5.74) is 2.35. The van der Waals surface area contributed by atoms with E-state index in [1.165, 1.54) is 34.2 Å². The highest BCUT2D eigenvalue weighted by Gasteiger charge is 2.19. The minimum atomic E-state index is 0.462. The van der Waals surface area contributed by atoms with Gasteiger partial charge >= 0.3 is 0 Å². The lowest BCUT2D eigenvalue weighted by atomic mass is 10.0. The SMILES string of the molecule is c1ccc2c(-c3csc(C4CCCN4)n3)cccc2c1. The van der Waals surface area contributed by atoms with Gasteiger partial charge in [0.2, 0.25) is 0 Å². The Morgan fingerprint density at radius 3 is 2.90 bits per heavy atom. The minimum Gasteiger partial charge on any atom is -0.308 e. The zero-order chi connectivity index (χ0) is 13.4. The molecule has 0 amide bonds. The Morgan fingerprint density at radius 2 is 2.00 bits per heavy atom. The number of benzene rings is 2. The molecule has 1 N–H and O–H groups in total. The summed E-state index contributed by atoms with van der Waals surface area (Å²) < 4.78 is 0. The first-order valence-electron chi connectivity index (χ1n) is 7.09. The number of nitrogens with one attached hydrogen (secondary N) is 1. The van der Waals surface area contributed by atoms with Crippen molar-refractivity contribution < 1.29 is 0 Å². The van der Waals surface area contributed by atoms with E-state index in [4.69, 9.17) is 4.98 Å². The van der Waals surface area contributed by atoms with Gasteiger partial charge in [-0.1, -0.05) is 42.5 Å². The fourth-order valence-electron chi connectivity index (χ4n) is 2.92. The second kappa shape index (κ2) is 5.00. The molecule has 0 saturated carbocycles. The van der Waals surface area contributed by atoms with Crippen molar-refractivity contribution in [3.63, 3.8) is 0 Å². The summed E-state index contributed by atoms with van der Waals surface area (Å²) in [4.78, 5) is 4.87. The molecule has 3 heteroatoms. The summed E-state index contributed by atoms with van der Waals surface area (Å²) in [6.07, 6.45) is 2.47. The number of hydrogen-bond donors (Lipinski definition) is 1. The standard InChI is InChI=1S/C17H16N2S/c1-2-7-13-12(5-1)6-3-8-14(13)16-11-20-17(19-16)15-9-4-10-18-15/h1-3,5-8,11,15,18H,4,9-10H2. The molecule has 100 valence electrons. The third-order valence-corrected chi connectivity index (χ3v) is 4.90. The quantitative estimate of drug-likeness (QED) is 0.753. The van der Waals surface area contributed by atoms with Gasteiger partial charge in [-0.05, 0) is 30.2 Å². The van der Waals surface area contributed by atoms with E-state index in [9.17, 15) is 0 Å². The zero-order valence-electron chi connectivity index (χ0n) is 11.2. The largest absolute Gasteiger partial charge is 0.308 e. The van der Waals surface area contributed by atoms with Crippen molar-refractivity contribution in [2.24, 2.45) is 0 Å². The molecule has 2 aromatic carbocycles. The van der Waals surface area contributed by atoms with E-state index in [-0.39, 0.29) is 0 Å². The van der Waals surface area contributed by atoms with Crippen LogP contribution in [0.4, 0.5) is 0 Å². The highest BCUT2D eigenvalue weighted by Crippen LogP contribution is 2.33. The lowest BCUT2D eigenvalue weighted by molar-refractivity contribution is 0.643. The molecular weight excluding hydrogens is 264 g/mol. The van der Waals surface area contributed by atoms with Gasteiger partial charge in [-0.15, -0.1) is 11.3 Å². The summed E-state index contributed by atoms with van der Waals surface area (Å²) in [5.74, 6) is 0. The van der Waals surface area contributed by atoms with Crippen molar-refractivity contribution in [1.82, 2.24) is 10.3 Å². The molecule has 1 unspecified atom stereocenters. The van der Waals surface area contributed by atoms with Gasteiger partial charge in [-0.25, -0.2) is 4.98 Å². The Bertz CT molecular complexity index is 736. The predicted octanol–water partition coefficient (Wildman–Crippen LogP) is 4.39. The number of nitrogens with zero attached hydrogens (tertiary/aromatic N) is 1. The Balaban J connectivity index is 1.79. The molecule has 2 nitrogen and oxygen atoms in total. The Kier molecular flexibility index (Phi) is 3.02. The van der Waals surface area contributed by atoms with E-state index in [0.29, 0.717) is 6.04 Å². The number of aromatic nitrogens is 1. The van der Waals surface area contributed by atoms with Crippen LogP contribution in [0, 0.1) is 0 Å². The van der Waals surface area contributed by atoms with Crippen LogP contribution < -0.4 is 5.32 Å². The lowest BCUT2D eigenvalue weighted by Crippen LogP contribution is -2.12. The normalized spacial score (nSPS) is 18.7. The van der Waals surface area contributed by atoms with Gasteiger partial charge in [0, 0.05) is 10.9 Å². The van der Waals surface area contributed by atoms with Gasteiger partial charge < -0.3 is 5.32 Å². The van der Waals surface area contributed by atoms with Crippen LogP contribution in [-0.2, 0) is 0 Å². The molecule has 3 aromatic rings. The van der Waals surface area contributed by atoms with Gasteiger partial charge in [-0.2, -0.15) is 0 Å². The summed E-state index contributed by atoms with van der Waals surface area (Å²) in [6.45, 7) is 1.12. The fourth-order valence-corrected chi connectivity index (χ4v) is 3.84. The maximum absolute atomic E-state index is 4.87. The van der Waals surface area contributed by atoms with Gasteiger partial charge in [0.05, 0.1) is 11.7 Å². The molecule has 0 bridgehead atoms. The molecule has 1 aliphatic heterocycles. The first-order valence-corrected chi connectivity index (χ1v) is 7.97. The average Bonchev–Trinajstić information content (AvgIpc) is 3.17. The number of rotatable bonds is 2. The number of fused-ring (bicyclic) bond motifs is 1. The van der Waals surface area contributed by atoms with Crippen LogP contribution in [0.1, 0.15) is 23.9 Å². The highest BCUT2D eigenvalue weighted by atomic mass is 32.1. The molecule has 1 aromatic heterocycles. The lowest BCUT2D eigenvalue weighted by Gasteiger charge is -2.06. The van der Waals surface area contributed by atoms with Crippen molar-refractivity contribution in [3.8, 4) is 11.3 Å². The molecule has 1 aliphatic rings. The monoisotopic (exact) mass is 280 g/mol. The first kappa shape index (κ1) is 12.1. The molecule has 0 radical (unpaired) electrons. The van der Waals surface area contributed by atoms with E-state index in [0.717, 1.165) is 12.2 Å². The van der Waals surface area contributed by atoms with Crippen molar-refractivity contribution in [2.75, 3.05) is 6.54 Å². The van der Waals surface area contributed by atoms with Crippen LogP contribution in [0.5, 0.6) is 0 Å². The van der Waals surface area contributed by atoms with Crippen LogP contribution in [-0.4, -0.2) is 11.5 Å². The van der Waals surface area contributed by atoms with Gasteiger partial charge in [0.25, 0.3) is 0 Å². The summed E-state index contributed by atoms with van der Waals surface area (Å²) >= 11 is 1.78. The number of hydrogen-bond acceptors (Lipinski definition) is 3. The zero-order valence-corrected chi connectivity index (χ0v) is 12.0. The Morgan fingerprint density at radius 1 is 1.10 bits per heavy atom. The molecule has 1 saturated heterocycles. The Labute approximate surface area is 122 Å². The first-order chi connectivity index (χ1) is 9.92.